The summed E-state index contributed by atoms with van der Waals surface area (Å²) in [4.78, 5) is 1.90. The Labute approximate surface area is 161 Å². The molecule has 1 aliphatic carbocycles. The lowest BCUT2D eigenvalue weighted by Gasteiger charge is -2.22. The molecule has 0 N–H and O–H groups in total. The molecule has 0 spiro atoms. The zero-order valence-electron chi connectivity index (χ0n) is 13.7. The normalized spacial score (nSPS) is 15.0. The highest BCUT2D eigenvalue weighted by molar-refractivity contribution is 7.91. The first-order valence-electron chi connectivity index (χ1n) is 8.06. The predicted octanol–water partition coefficient (Wildman–Crippen LogP) is 5.15. The molecule has 3 rings (SSSR count). The van der Waals surface area contributed by atoms with Gasteiger partial charge in [-0.05, 0) is 48.2 Å². The maximum Gasteiger partial charge on any atom is 0.341 e. The molecule has 1 saturated carbocycles. The summed E-state index contributed by atoms with van der Waals surface area (Å²) in [6.45, 7) is 1.28. The molecule has 0 aromatic heterocycles. The van der Waals surface area contributed by atoms with E-state index in [2.05, 4.69) is 4.90 Å². The summed E-state index contributed by atoms with van der Waals surface area (Å²) in [7, 11) is -4.56. The zero-order valence-corrected chi connectivity index (χ0v) is 16.0. The summed E-state index contributed by atoms with van der Waals surface area (Å²) >= 11 is 12.0. The molecular formula is C18H17Cl2F2NO2S. The summed E-state index contributed by atoms with van der Waals surface area (Å²) in [6.07, 6.45) is 2.19. The summed E-state index contributed by atoms with van der Waals surface area (Å²) in [5, 5.41) is 1.01. The van der Waals surface area contributed by atoms with Crippen LogP contribution in [-0.4, -0.2) is 25.1 Å². The van der Waals surface area contributed by atoms with Gasteiger partial charge < -0.3 is 0 Å². The fraction of sp³-hybridized carbons (Fsp3) is 0.333. The lowest BCUT2D eigenvalue weighted by molar-refractivity contribution is 0.234. The Bertz CT molecular complexity index is 885. The van der Waals surface area contributed by atoms with E-state index in [0.29, 0.717) is 29.2 Å². The molecule has 2 aromatic rings. The number of rotatable bonds is 7. The van der Waals surface area contributed by atoms with Crippen molar-refractivity contribution >= 4 is 33.0 Å². The van der Waals surface area contributed by atoms with Gasteiger partial charge >= 0.3 is 5.76 Å². The zero-order chi connectivity index (χ0) is 18.9. The number of hydrogen-bond donors (Lipinski definition) is 0. The van der Waals surface area contributed by atoms with Crippen LogP contribution in [0.4, 0.5) is 8.78 Å². The maximum absolute atomic E-state index is 12.6. The van der Waals surface area contributed by atoms with E-state index in [-0.39, 0.29) is 4.90 Å². The molecule has 0 bridgehead atoms. The van der Waals surface area contributed by atoms with Crippen molar-refractivity contribution in [3.05, 3.63) is 63.6 Å². The van der Waals surface area contributed by atoms with Crippen LogP contribution in [0.3, 0.4) is 0 Å². The van der Waals surface area contributed by atoms with Gasteiger partial charge in [-0.25, -0.2) is 8.42 Å². The van der Waals surface area contributed by atoms with Crippen LogP contribution < -0.4 is 0 Å². The largest absolute Gasteiger partial charge is 0.341 e. The van der Waals surface area contributed by atoms with Crippen molar-refractivity contribution in [3.63, 3.8) is 0 Å². The third-order valence-electron chi connectivity index (χ3n) is 4.31. The number of sulfone groups is 1. The molecule has 140 valence electrons. The van der Waals surface area contributed by atoms with Crippen molar-refractivity contribution < 1.29 is 17.2 Å². The number of alkyl halides is 2. The standard InChI is InChI=1S/C18H17Cl2F2NO2S/c19-16-8-3-13(9-17(16)20)11-23(14-4-5-14)10-12-1-6-15(7-2-12)26(24,25)18(21)22/h1-3,6-9,14,18H,4-5,10-11H2. The first-order chi connectivity index (χ1) is 12.3. The van der Waals surface area contributed by atoms with Gasteiger partial charge in [0, 0.05) is 19.1 Å². The van der Waals surface area contributed by atoms with Gasteiger partial charge in [0.1, 0.15) is 0 Å². The fourth-order valence-electron chi connectivity index (χ4n) is 2.75. The Morgan fingerprint density at radius 2 is 1.54 bits per heavy atom. The van der Waals surface area contributed by atoms with Crippen LogP contribution in [0.25, 0.3) is 0 Å². The van der Waals surface area contributed by atoms with Crippen LogP contribution in [0.2, 0.25) is 10.0 Å². The maximum atomic E-state index is 12.6. The molecule has 1 aliphatic rings. The summed E-state index contributed by atoms with van der Waals surface area (Å²) in [5.41, 5.74) is 1.90. The van der Waals surface area contributed by atoms with Crippen LogP contribution in [0.15, 0.2) is 47.4 Å². The molecule has 26 heavy (non-hydrogen) atoms. The van der Waals surface area contributed by atoms with Gasteiger partial charge in [-0.1, -0.05) is 41.4 Å². The van der Waals surface area contributed by atoms with E-state index >= 15 is 0 Å². The second-order valence-electron chi connectivity index (χ2n) is 6.33. The molecule has 0 unspecified atom stereocenters. The van der Waals surface area contributed by atoms with Crippen molar-refractivity contribution in [1.82, 2.24) is 4.90 Å². The lowest BCUT2D eigenvalue weighted by atomic mass is 10.1. The Hall–Kier alpha value is -1.21. The molecule has 0 saturated heterocycles. The number of hydrogen-bond acceptors (Lipinski definition) is 3. The summed E-state index contributed by atoms with van der Waals surface area (Å²) in [6, 6.07) is 11.6. The second kappa shape index (κ2) is 7.80. The average Bonchev–Trinajstić information content (AvgIpc) is 3.43. The second-order valence-corrected chi connectivity index (χ2v) is 9.07. The van der Waals surface area contributed by atoms with Crippen LogP contribution in [0.5, 0.6) is 0 Å². The summed E-state index contributed by atoms with van der Waals surface area (Å²) in [5.74, 6) is -3.41. The highest BCUT2D eigenvalue weighted by Gasteiger charge is 2.30. The highest BCUT2D eigenvalue weighted by atomic mass is 35.5. The van der Waals surface area contributed by atoms with Crippen molar-refractivity contribution in [2.75, 3.05) is 0 Å². The smallest absolute Gasteiger partial charge is 0.292 e. The van der Waals surface area contributed by atoms with E-state index in [0.717, 1.165) is 24.0 Å². The molecule has 3 nitrogen and oxygen atoms in total. The third-order valence-corrected chi connectivity index (χ3v) is 6.44. The van der Waals surface area contributed by atoms with E-state index in [4.69, 9.17) is 23.2 Å². The SMILES string of the molecule is O=S(=O)(c1ccc(CN(Cc2ccc(Cl)c(Cl)c2)C2CC2)cc1)C(F)F. The minimum atomic E-state index is -4.56. The van der Waals surface area contributed by atoms with Crippen molar-refractivity contribution in [2.45, 2.75) is 42.6 Å². The summed E-state index contributed by atoms with van der Waals surface area (Å²) < 4.78 is 48.2. The highest BCUT2D eigenvalue weighted by Crippen LogP contribution is 2.31. The lowest BCUT2D eigenvalue weighted by Crippen LogP contribution is -2.25. The quantitative estimate of drug-likeness (QED) is 0.622. The van der Waals surface area contributed by atoms with Gasteiger partial charge in [0.25, 0.3) is 0 Å². The van der Waals surface area contributed by atoms with Crippen molar-refractivity contribution in [3.8, 4) is 0 Å². The first kappa shape index (κ1) is 19.5. The third kappa shape index (κ3) is 4.55. The van der Waals surface area contributed by atoms with Gasteiger partial charge in [-0.2, -0.15) is 8.78 Å². The predicted molar refractivity (Wildman–Crippen MR) is 98.4 cm³/mol. The Morgan fingerprint density at radius 1 is 0.962 bits per heavy atom. The van der Waals surface area contributed by atoms with Gasteiger partial charge in [0.2, 0.25) is 9.84 Å². The monoisotopic (exact) mass is 419 g/mol. The van der Waals surface area contributed by atoms with Gasteiger partial charge in [0.05, 0.1) is 14.9 Å². The Kier molecular flexibility index (Phi) is 5.87. The molecule has 0 atom stereocenters. The molecule has 8 heteroatoms. The van der Waals surface area contributed by atoms with E-state index in [1.54, 1.807) is 18.2 Å². The topological polar surface area (TPSA) is 37.4 Å². The molecule has 0 aliphatic heterocycles. The molecular weight excluding hydrogens is 403 g/mol. The number of benzene rings is 2. The fourth-order valence-corrected chi connectivity index (χ4v) is 3.79. The van der Waals surface area contributed by atoms with Gasteiger partial charge in [-0.15, -0.1) is 0 Å². The van der Waals surface area contributed by atoms with Gasteiger partial charge in [-0.3, -0.25) is 4.90 Å². The first-order valence-corrected chi connectivity index (χ1v) is 10.4. The van der Waals surface area contributed by atoms with E-state index in [1.165, 1.54) is 12.1 Å². The number of nitrogens with zero attached hydrogens (tertiary/aromatic N) is 1. The van der Waals surface area contributed by atoms with Crippen molar-refractivity contribution in [1.29, 1.82) is 0 Å². The minimum Gasteiger partial charge on any atom is -0.292 e. The van der Waals surface area contributed by atoms with E-state index in [1.807, 2.05) is 12.1 Å². The minimum absolute atomic E-state index is 0.362. The van der Waals surface area contributed by atoms with Crippen LogP contribution in [-0.2, 0) is 22.9 Å². The number of halogens is 4. The molecule has 2 aromatic carbocycles. The van der Waals surface area contributed by atoms with E-state index < -0.39 is 15.6 Å². The molecule has 0 amide bonds. The van der Waals surface area contributed by atoms with Crippen LogP contribution in [0, 0.1) is 0 Å². The molecule has 0 radical (unpaired) electrons. The van der Waals surface area contributed by atoms with Crippen LogP contribution in [0.1, 0.15) is 24.0 Å². The van der Waals surface area contributed by atoms with Gasteiger partial charge in [0.15, 0.2) is 0 Å². The average molecular weight is 420 g/mol. The Morgan fingerprint density at radius 3 is 2.08 bits per heavy atom. The van der Waals surface area contributed by atoms with Crippen molar-refractivity contribution in [2.24, 2.45) is 0 Å². The molecule has 1 fully saturated rings. The van der Waals surface area contributed by atoms with Crippen LogP contribution >= 0.6 is 23.2 Å². The Balaban J connectivity index is 1.73. The van der Waals surface area contributed by atoms with E-state index in [9.17, 15) is 17.2 Å². The molecule has 0 heterocycles.